The zero-order chi connectivity index (χ0) is 18.4. The summed E-state index contributed by atoms with van der Waals surface area (Å²) in [4.78, 5) is 0.486. The molecule has 6 heteroatoms. The van der Waals surface area contributed by atoms with Crippen LogP contribution in [0.1, 0.15) is 30.9 Å². The molecule has 136 valence electrons. The van der Waals surface area contributed by atoms with Crippen LogP contribution >= 0.6 is 0 Å². The molecule has 0 unspecified atom stereocenters. The van der Waals surface area contributed by atoms with E-state index in [1.54, 1.807) is 18.2 Å². The normalized spacial score (nSPS) is 22.5. The molecule has 2 aromatic rings. The lowest BCUT2D eigenvalue weighted by atomic mass is 10.0. The van der Waals surface area contributed by atoms with Gasteiger partial charge in [-0.2, -0.15) is 0 Å². The topological polar surface area (TPSA) is 81.1 Å². The summed E-state index contributed by atoms with van der Waals surface area (Å²) in [5.74, 6) is 0.588. The number of halogens is 1. The first-order valence-corrected chi connectivity index (χ1v) is 10.2. The minimum Gasteiger partial charge on any atom is -0.384 e. The summed E-state index contributed by atoms with van der Waals surface area (Å²) in [7, 11) is -3.21. The predicted molar refractivity (Wildman–Crippen MR) is 102 cm³/mol. The summed E-state index contributed by atoms with van der Waals surface area (Å²) in [6, 6.07) is 12.2. The standard InChI is InChI=1S/C19H26FN3OS/c1-12-4-7-14(20)10-17(12)23-11-16-18(19(16,2)3)13-5-8-15(9-6-13)25(21,22)24/h4-10,16,18,23,25H,11H2,1-3H3,(H4,21,22,24)/t16-,18-/m1/s1. The van der Waals surface area contributed by atoms with Gasteiger partial charge in [0, 0.05) is 27.4 Å². The zero-order valence-electron chi connectivity index (χ0n) is 14.8. The zero-order valence-corrected chi connectivity index (χ0v) is 15.7. The van der Waals surface area contributed by atoms with Crippen LogP contribution in [0.25, 0.3) is 0 Å². The second-order valence-corrected chi connectivity index (χ2v) is 9.48. The number of aryl methyl sites for hydroxylation is 1. The summed E-state index contributed by atoms with van der Waals surface area (Å²) in [6.45, 7) is 7.20. The molecule has 2 aromatic carbocycles. The van der Waals surface area contributed by atoms with Crippen molar-refractivity contribution in [1.82, 2.24) is 0 Å². The summed E-state index contributed by atoms with van der Waals surface area (Å²) in [6.07, 6.45) is 0. The lowest BCUT2D eigenvalue weighted by molar-refractivity contribution is 0.565. The molecule has 0 aromatic heterocycles. The Bertz CT molecular complexity index is 829. The third-order valence-corrected chi connectivity index (χ3v) is 6.52. The predicted octanol–water partition coefficient (Wildman–Crippen LogP) is 3.11. The van der Waals surface area contributed by atoms with Crippen molar-refractivity contribution in [3.8, 4) is 0 Å². The van der Waals surface area contributed by atoms with E-state index < -0.39 is 10.3 Å². The number of nitrogens with two attached hydrogens (primary N) is 2. The minimum atomic E-state index is -3.21. The van der Waals surface area contributed by atoms with E-state index in [0.29, 0.717) is 16.7 Å². The average molecular weight is 364 g/mol. The second-order valence-electron chi connectivity index (χ2n) is 7.55. The molecule has 4 nitrogen and oxygen atoms in total. The third-order valence-electron chi connectivity index (χ3n) is 5.42. The molecular weight excluding hydrogens is 337 g/mol. The molecule has 1 aliphatic rings. The van der Waals surface area contributed by atoms with Crippen molar-refractivity contribution in [3.63, 3.8) is 0 Å². The molecule has 1 aliphatic carbocycles. The van der Waals surface area contributed by atoms with E-state index in [-0.39, 0.29) is 11.2 Å². The quantitative estimate of drug-likeness (QED) is 0.616. The van der Waals surface area contributed by atoms with E-state index >= 15 is 0 Å². The molecule has 1 fully saturated rings. The molecule has 3 rings (SSSR count). The first-order chi connectivity index (χ1) is 11.6. The molecule has 0 amide bonds. The monoisotopic (exact) mass is 363 g/mol. The van der Waals surface area contributed by atoms with Gasteiger partial charge in [-0.1, -0.05) is 32.0 Å². The molecule has 5 N–H and O–H groups in total. The molecule has 0 bridgehead atoms. The Morgan fingerprint density at radius 3 is 2.40 bits per heavy atom. The van der Waals surface area contributed by atoms with Crippen molar-refractivity contribution >= 4 is 16.0 Å². The first-order valence-electron chi connectivity index (χ1n) is 8.38. The summed E-state index contributed by atoms with van der Waals surface area (Å²) >= 11 is 0. The van der Waals surface area contributed by atoms with Crippen molar-refractivity contribution in [1.29, 1.82) is 0 Å². The smallest absolute Gasteiger partial charge is 0.125 e. The molecule has 2 atom stereocenters. The van der Waals surface area contributed by atoms with Crippen LogP contribution < -0.4 is 15.6 Å². The highest BCUT2D eigenvalue weighted by atomic mass is 32.3. The number of thiol groups is 1. The largest absolute Gasteiger partial charge is 0.384 e. The van der Waals surface area contributed by atoms with E-state index in [1.165, 1.54) is 17.7 Å². The molecular formula is C19H26FN3OS. The molecule has 0 aliphatic heterocycles. The van der Waals surface area contributed by atoms with Crippen molar-refractivity contribution < 1.29 is 8.60 Å². The Labute approximate surface area is 149 Å². The highest BCUT2D eigenvalue weighted by Gasteiger charge is 2.57. The van der Waals surface area contributed by atoms with Crippen molar-refractivity contribution in [3.05, 3.63) is 59.4 Å². The average Bonchev–Trinajstić information content (AvgIpc) is 3.08. The Morgan fingerprint density at radius 2 is 1.80 bits per heavy atom. The van der Waals surface area contributed by atoms with Crippen LogP contribution in [0.3, 0.4) is 0 Å². The van der Waals surface area contributed by atoms with Crippen LogP contribution in [0.5, 0.6) is 0 Å². The Kier molecular flexibility index (Phi) is 4.47. The van der Waals surface area contributed by atoms with E-state index in [2.05, 4.69) is 19.2 Å². The highest BCUT2D eigenvalue weighted by Crippen LogP contribution is 2.64. The Morgan fingerprint density at radius 1 is 1.16 bits per heavy atom. The van der Waals surface area contributed by atoms with E-state index in [1.807, 2.05) is 19.1 Å². The van der Waals surface area contributed by atoms with Gasteiger partial charge in [-0.3, -0.25) is 14.5 Å². The fraction of sp³-hybridized carbons (Fsp3) is 0.368. The van der Waals surface area contributed by atoms with Crippen molar-refractivity contribution in [2.24, 2.45) is 21.6 Å². The molecule has 1 saturated carbocycles. The maximum atomic E-state index is 13.4. The summed E-state index contributed by atoms with van der Waals surface area (Å²) in [5, 5.41) is 14.4. The molecule has 0 spiro atoms. The van der Waals surface area contributed by atoms with Gasteiger partial charge in [0.2, 0.25) is 0 Å². The number of rotatable bonds is 5. The van der Waals surface area contributed by atoms with Crippen molar-refractivity contribution in [2.75, 3.05) is 11.9 Å². The number of nitrogens with one attached hydrogen (secondary N) is 1. The van der Waals surface area contributed by atoms with Crippen molar-refractivity contribution in [2.45, 2.75) is 31.6 Å². The van der Waals surface area contributed by atoms with Crippen LogP contribution in [-0.2, 0) is 10.3 Å². The van der Waals surface area contributed by atoms with Crippen LogP contribution in [0.2, 0.25) is 0 Å². The third kappa shape index (κ3) is 3.61. The van der Waals surface area contributed by atoms with Gasteiger partial charge in [0.25, 0.3) is 0 Å². The highest BCUT2D eigenvalue weighted by molar-refractivity contribution is 7.98. The number of hydrogen-bond acceptors (Lipinski definition) is 2. The SMILES string of the molecule is Cc1ccc(F)cc1NC[C@@H]1[C@@H](c2ccc([SH](N)(N)=O)cc2)C1(C)C. The van der Waals surface area contributed by atoms with Gasteiger partial charge in [0.05, 0.1) is 0 Å². The van der Waals surface area contributed by atoms with Crippen LogP contribution in [-0.4, -0.2) is 10.8 Å². The minimum absolute atomic E-state index is 0.144. The molecule has 0 radical (unpaired) electrons. The van der Waals surface area contributed by atoms with E-state index in [9.17, 15) is 8.60 Å². The number of anilines is 1. The van der Waals surface area contributed by atoms with Gasteiger partial charge in [0.1, 0.15) is 5.82 Å². The first kappa shape index (κ1) is 18.0. The Balaban J connectivity index is 1.72. The Hall–Kier alpha value is -1.76. The van der Waals surface area contributed by atoms with Crippen LogP contribution in [0.15, 0.2) is 47.4 Å². The van der Waals surface area contributed by atoms with E-state index in [4.69, 9.17) is 10.3 Å². The lowest BCUT2D eigenvalue weighted by Gasteiger charge is -2.13. The molecule has 0 heterocycles. The fourth-order valence-electron chi connectivity index (χ4n) is 3.71. The number of benzene rings is 2. The summed E-state index contributed by atoms with van der Waals surface area (Å²) in [5.41, 5.74) is 3.20. The lowest BCUT2D eigenvalue weighted by Crippen LogP contribution is -2.32. The van der Waals surface area contributed by atoms with Gasteiger partial charge >= 0.3 is 0 Å². The second kappa shape index (κ2) is 6.20. The van der Waals surface area contributed by atoms with Gasteiger partial charge in [-0.25, -0.2) is 4.39 Å². The van der Waals surface area contributed by atoms with Gasteiger partial charge in [-0.05, 0) is 59.6 Å². The maximum absolute atomic E-state index is 13.4. The fourth-order valence-corrected chi connectivity index (χ4v) is 4.32. The molecule has 0 saturated heterocycles. The molecule has 25 heavy (non-hydrogen) atoms. The van der Waals surface area contributed by atoms with Gasteiger partial charge in [0.15, 0.2) is 0 Å². The van der Waals surface area contributed by atoms with Gasteiger partial charge < -0.3 is 5.32 Å². The van der Waals surface area contributed by atoms with Crippen LogP contribution in [0, 0.1) is 24.1 Å². The summed E-state index contributed by atoms with van der Waals surface area (Å²) < 4.78 is 25.2. The van der Waals surface area contributed by atoms with Crippen LogP contribution in [0.4, 0.5) is 10.1 Å². The number of hydrogen-bond donors (Lipinski definition) is 4. The maximum Gasteiger partial charge on any atom is 0.125 e. The van der Waals surface area contributed by atoms with E-state index in [0.717, 1.165) is 17.8 Å². The van der Waals surface area contributed by atoms with Gasteiger partial charge in [-0.15, -0.1) is 0 Å².